The van der Waals surface area contributed by atoms with Gasteiger partial charge in [-0.2, -0.15) is 0 Å². The van der Waals surface area contributed by atoms with E-state index in [0.29, 0.717) is 32.0 Å². The van der Waals surface area contributed by atoms with Crippen LogP contribution < -0.4 is 19.6 Å². The smallest absolute Gasteiger partial charge is 0.338 e. The molecule has 1 unspecified atom stereocenters. The number of carbonyl (C=O) groups is 2. The van der Waals surface area contributed by atoms with Crippen molar-refractivity contribution >= 4 is 29.4 Å². The van der Waals surface area contributed by atoms with E-state index in [9.17, 15) is 19.5 Å². The maximum Gasteiger partial charge on any atom is 0.338 e. The number of thiazole rings is 1. The predicted octanol–water partition coefficient (Wildman–Crippen LogP) is 3.91. The monoisotopic (exact) mass is 571 g/mol. The normalized spacial score (nSPS) is 15.0. The maximum absolute atomic E-state index is 14.0. The third kappa shape index (κ3) is 4.91. The second kappa shape index (κ2) is 11.1. The van der Waals surface area contributed by atoms with Crippen LogP contribution in [-0.2, 0) is 9.53 Å². The number of ether oxygens (including phenoxy) is 2. The van der Waals surface area contributed by atoms with Gasteiger partial charge in [-0.15, -0.1) is 0 Å². The molecule has 0 fully saturated rings. The van der Waals surface area contributed by atoms with Crippen molar-refractivity contribution in [3.8, 4) is 11.4 Å². The van der Waals surface area contributed by atoms with Crippen LogP contribution in [0, 0.1) is 13.8 Å². The first-order valence-electron chi connectivity index (χ1n) is 13.0. The average Bonchev–Trinajstić information content (AvgIpc) is 3.41. The highest BCUT2D eigenvalue weighted by atomic mass is 32.1. The Bertz CT molecular complexity index is 1910. The van der Waals surface area contributed by atoms with Crippen LogP contribution in [0.25, 0.3) is 11.8 Å². The first-order chi connectivity index (χ1) is 19.7. The maximum atomic E-state index is 14.0. The lowest BCUT2D eigenvalue weighted by Crippen LogP contribution is -2.40. The minimum absolute atomic E-state index is 0.184. The van der Waals surface area contributed by atoms with E-state index in [1.165, 1.54) is 15.9 Å². The molecular weight excluding hydrogens is 542 g/mol. The minimum Gasteiger partial charge on any atom is -0.496 e. The lowest BCUT2D eigenvalue weighted by molar-refractivity contribution is -0.139. The number of hydrogen-bond acceptors (Lipinski definition) is 7. The molecule has 0 amide bonds. The second-order valence-electron chi connectivity index (χ2n) is 9.56. The van der Waals surface area contributed by atoms with Crippen LogP contribution in [-0.4, -0.2) is 39.9 Å². The van der Waals surface area contributed by atoms with Crippen molar-refractivity contribution < 1.29 is 24.2 Å². The highest BCUT2D eigenvalue weighted by Gasteiger charge is 2.35. The van der Waals surface area contributed by atoms with Gasteiger partial charge in [-0.05, 0) is 69.7 Å². The highest BCUT2D eigenvalue weighted by molar-refractivity contribution is 7.07. The molecule has 4 aromatic rings. The van der Waals surface area contributed by atoms with E-state index in [1.807, 2.05) is 54.8 Å². The Balaban J connectivity index is 1.70. The molecule has 41 heavy (non-hydrogen) atoms. The first kappa shape index (κ1) is 27.9. The van der Waals surface area contributed by atoms with Gasteiger partial charge in [0.2, 0.25) is 0 Å². The summed E-state index contributed by atoms with van der Waals surface area (Å²) < 4.78 is 14.9. The summed E-state index contributed by atoms with van der Waals surface area (Å²) in [7, 11) is 1.55. The molecule has 3 heterocycles. The number of carbonyl (C=O) groups excluding carboxylic acids is 1. The molecule has 5 rings (SSSR count). The van der Waals surface area contributed by atoms with E-state index in [0.717, 1.165) is 17.0 Å². The van der Waals surface area contributed by atoms with Crippen molar-refractivity contribution in [1.82, 2.24) is 9.13 Å². The highest BCUT2D eigenvalue weighted by Crippen LogP contribution is 2.35. The Kier molecular flexibility index (Phi) is 7.51. The Hall–Kier alpha value is -4.70. The molecule has 1 aliphatic rings. The van der Waals surface area contributed by atoms with Crippen molar-refractivity contribution in [2.45, 2.75) is 33.7 Å². The molecule has 1 atom stereocenters. The average molecular weight is 572 g/mol. The summed E-state index contributed by atoms with van der Waals surface area (Å²) in [6.45, 7) is 7.50. The van der Waals surface area contributed by atoms with Crippen LogP contribution in [0.4, 0.5) is 0 Å². The Morgan fingerprint density at radius 1 is 1.10 bits per heavy atom. The van der Waals surface area contributed by atoms with Crippen LogP contribution in [0.2, 0.25) is 0 Å². The summed E-state index contributed by atoms with van der Waals surface area (Å²) in [6.07, 6.45) is 1.81. The van der Waals surface area contributed by atoms with Crippen molar-refractivity contribution in [1.29, 1.82) is 0 Å². The molecule has 2 aromatic heterocycles. The molecule has 0 saturated heterocycles. The van der Waals surface area contributed by atoms with Gasteiger partial charge < -0.3 is 19.1 Å². The van der Waals surface area contributed by atoms with Gasteiger partial charge >= 0.3 is 11.9 Å². The van der Waals surface area contributed by atoms with E-state index >= 15 is 0 Å². The predicted molar refractivity (Wildman–Crippen MR) is 156 cm³/mol. The summed E-state index contributed by atoms with van der Waals surface area (Å²) in [6, 6.07) is 15.2. The Morgan fingerprint density at radius 2 is 1.85 bits per heavy atom. The van der Waals surface area contributed by atoms with Crippen LogP contribution in [0.5, 0.6) is 5.75 Å². The molecule has 210 valence electrons. The minimum atomic E-state index is -1.00. The number of aromatic carboxylic acids is 1. The standard InChI is InChI=1S/C31H29N3O6S/c1-6-40-30(38)26-18(3)32-31-34(27(26)23-12-7-8-13-24(23)39-5)28(35)25(41-31)16-21-14-17(2)33(19(21)4)22-11-9-10-20(15-22)29(36)37/h7-16,27H,6H2,1-5H3,(H,36,37)/b25-16+. The third-order valence-corrected chi connectivity index (χ3v) is 8.04. The van der Waals surface area contributed by atoms with Crippen LogP contribution in [0.15, 0.2) is 75.7 Å². The van der Waals surface area contributed by atoms with Gasteiger partial charge in [0.15, 0.2) is 4.80 Å². The fraction of sp³-hybridized carbons (Fsp3) is 0.226. The van der Waals surface area contributed by atoms with Gasteiger partial charge in [-0.25, -0.2) is 14.6 Å². The molecule has 1 N–H and O–H groups in total. The van der Waals surface area contributed by atoms with Crippen molar-refractivity contribution in [3.05, 3.63) is 114 Å². The number of methoxy groups -OCH3 is 1. The zero-order valence-corrected chi connectivity index (χ0v) is 24.1. The first-order valence-corrected chi connectivity index (χ1v) is 13.8. The lowest BCUT2D eigenvalue weighted by Gasteiger charge is -2.25. The quantitative estimate of drug-likeness (QED) is 0.337. The molecule has 1 aliphatic heterocycles. The molecule has 0 saturated carbocycles. The van der Waals surface area contributed by atoms with Gasteiger partial charge in [0.25, 0.3) is 5.56 Å². The zero-order chi connectivity index (χ0) is 29.4. The molecular formula is C31H29N3O6S. The van der Waals surface area contributed by atoms with Gasteiger partial charge in [-0.3, -0.25) is 9.36 Å². The summed E-state index contributed by atoms with van der Waals surface area (Å²) in [4.78, 5) is 43.8. The number of fused-ring (bicyclic) bond motifs is 1. The van der Waals surface area contributed by atoms with Gasteiger partial charge in [0.05, 0.1) is 35.1 Å². The van der Waals surface area contributed by atoms with E-state index in [2.05, 4.69) is 4.99 Å². The van der Waals surface area contributed by atoms with Crippen molar-refractivity contribution in [3.63, 3.8) is 0 Å². The van der Waals surface area contributed by atoms with Crippen LogP contribution in [0.1, 0.15) is 52.8 Å². The number of rotatable bonds is 7. The Labute approximate surface area is 239 Å². The van der Waals surface area contributed by atoms with E-state index in [-0.39, 0.29) is 23.3 Å². The number of nitrogens with zero attached hydrogens (tertiary/aromatic N) is 3. The molecule has 0 radical (unpaired) electrons. The number of esters is 1. The van der Waals surface area contributed by atoms with E-state index in [1.54, 1.807) is 45.2 Å². The number of aryl methyl sites for hydroxylation is 1. The largest absolute Gasteiger partial charge is 0.496 e. The van der Waals surface area contributed by atoms with Crippen LogP contribution >= 0.6 is 11.3 Å². The molecule has 10 heteroatoms. The number of allylic oxidation sites excluding steroid dienone is 1. The van der Waals surface area contributed by atoms with Crippen molar-refractivity contribution in [2.24, 2.45) is 4.99 Å². The number of carboxylic acids is 1. The van der Waals surface area contributed by atoms with E-state index in [4.69, 9.17) is 9.47 Å². The summed E-state index contributed by atoms with van der Waals surface area (Å²) >= 11 is 1.24. The van der Waals surface area contributed by atoms with Gasteiger partial charge in [-0.1, -0.05) is 35.6 Å². The Morgan fingerprint density at radius 3 is 2.56 bits per heavy atom. The third-order valence-electron chi connectivity index (χ3n) is 7.06. The summed E-state index contributed by atoms with van der Waals surface area (Å²) in [5.41, 5.74) is 4.56. The van der Waals surface area contributed by atoms with Gasteiger partial charge in [0, 0.05) is 22.6 Å². The summed E-state index contributed by atoms with van der Waals surface area (Å²) in [5, 5.41) is 9.44. The molecule has 9 nitrogen and oxygen atoms in total. The van der Waals surface area contributed by atoms with Gasteiger partial charge in [0.1, 0.15) is 11.8 Å². The number of carboxylic acid groups (broad SMARTS) is 1. The summed E-state index contributed by atoms with van der Waals surface area (Å²) in [5.74, 6) is -1.00. The second-order valence-corrected chi connectivity index (χ2v) is 10.6. The molecule has 0 bridgehead atoms. The number of benzene rings is 2. The fourth-order valence-electron chi connectivity index (χ4n) is 5.23. The van der Waals surface area contributed by atoms with Crippen LogP contribution in [0.3, 0.4) is 0 Å². The topological polar surface area (TPSA) is 112 Å². The number of hydrogen-bond donors (Lipinski definition) is 1. The molecule has 2 aromatic carbocycles. The molecule has 0 aliphatic carbocycles. The van der Waals surface area contributed by atoms with E-state index < -0.39 is 18.0 Å². The number of para-hydroxylation sites is 1. The lowest BCUT2D eigenvalue weighted by atomic mass is 9.95. The molecule has 0 spiro atoms. The fourth-order valence-corrected chi connectivity index (χ4v) is 6.27. The zero-order valence-electron chi connectivity index (χ0n) is 23.3. The SMILES string of the molecule is CCOC(=O)C1=C(C)N=c2s/c(=C/c3cc(C)n(-c4cccc(C(=O)O)c4)c3C)c(=O)n2C1c1ccccc1OC. The number of aromatic nitrogens is 2. The van der Waals surface area contributed by atoms with Crippen molar-refractivity contribution in [2.75, 3.05) is 13.7 Å².